The van der Waals surface area contributed by atoms with Crippen molar-refractivity contribution in [2.45, 2.75) is 6.92 Å². The van der Waals surface area contributed by atoms with Gasteiger partial charge in [0.25, 0.3) is 16.8 Å². The van der Waals surface area contributed by atoms with Gasteiger partial charge >= 0.3 is 5.97 Å². The quantitative estimate of drug-likeness (QED) is 0.134. The van der Waals surface area contributed by atoms with Crippen molar-refractivity contribution in [1.82, 2.24) is 4.90 Å². The van der Waals surface area contributed by atoms with Crippen LogP contribution in [-0.4, -0.2) is 40.1 Å². The largest absolute Gasteiger partial charge is 0.492 e. The van der Waals surface area contributed by atoms with E-state index < -0.39 is 16.8 Å². The average Bonchev–Trinajstić information content (AvgIpc) is 3.12. The van der Waals surface area contributed by atoms with Gasteiger partial charge in [0, 0.05) is 12.1 Å². The summed E-state index contributed by atoms with van der Waals surface area (Å²) < 4.78 is 11.0. The first-order valence-electron chi connectivity index (χ1n) is 10.8. The number of nitro benzene ring substituents is 1. The molecule has 1 aliphatic heterocycles. The number of hydrogen-bond acceptors (Lipinski definition) is 8. The number of hydrogen-bond donors (Lipinski definition) is 0. The van der Waals surface area contributed by atoms with Crippen LogP contribution in [0.15, 0.2) is 77.7 Å². The average molecular weight is 505 g/mol. The number of nitro groups is 1. The van der Waals surface area contributed by atoms with E-state index in [4.69, 9.17) is 9.47 Å². The van der Waals surface area contributed by atoms with E-state index in [1.165, 1.54) is 24.3 Å². The number of carbonyl (C=O) groups is 3. The molecule has 1 fully saturated rings. The molecule has 1 saturated heterocycles. The predicted molar refractivity (Wildman–Crippen MR) is 134 cm³/mol. The Balaban J connectivity index is 1.38. The summed E-state index contributed by atoms with van der Waals surface area (Å²) in [5.74, 6) is -0.234. The highest BCUT2D eigenvalue weighted by molar-refractivity contribution is 8.18. The molecule has 0 bridgehead atoms. The summed E-state index contributed by atoms with van der Waals surface area (Å²) in [6, 6.07) is 19.0. The number of ether oxygens (including phenoxy) is 2. The van der Waals surface area contributed by atoms with Gasteiger partial charge in [-0.25, -0.2) is 4.79 Å². The van der Waals surface area contributed by atoms with Crippen LogP contribution in [0.2, 0.25) is 0 Å². The molecular weight excluding hydrogens is 484 g/mol. The maximum absolute atomic E-state index is 12.8. The minimum absolute atomic E-state index is 0.114. The monoisotopic (exact) mass is 504 g/mol. The van der Waals surface area contributed by atoms with Crippen LogP contribution in [0.4, 0.5) is 10.5 Å². The standard InChI is InChI=1S/C26H20N2O7S/c1-17-5-11-21(12-6-17)34-14-13-27-24(29)23(36-26(27)31)16-18-3-2-4-22(15-18)35-25(30)19-7-9-20(10-8-19)28(32)33/h2-12,15-16H,13-14H2,1H3/b23-16-. The highest BCUT2D eigenvalue weighted by atomic mass is 32.2. The van der Waals surface area contributed by atoms with Crippen molar-refractivity contribution in [3.05, 3.63) is 105 Å². The zero-order valence-electron chi connectivity index (χ0n) is 19.1. The maximum Gasteiger partial charge on any atom is 0.343 e. The number of nitrogens with zero attached hydrogens (tertiary/aromatic N) is 2. The molecule has 0 saturated carbocycles. The second kappa shape index (κ2) is 10.9. The fourth-order valence-corrected chi connectivity index (χ4v) is 4.15. The Morgan fingerprint density at radius 1 is 1.03 bits per heavy atom. The Hall–Kier alpha value is -4.44. The van der Waals surface area contributed by atoms with Crippen LogP contribution in [-0.2, 0) is 4.79 Å². The molecule has 0 radical (unpaired) electrons. The van der Waals surface area contributed by atoms with Crippen molar-refractivity contribution in [2.24, 2.45) is 0 Å². The van der Waals surface area contributed by atoms with Gasteiger partial charge < -0.3 is 9.47 Å². The fraction of sp³-hybridized carbons (Fsp3) is 0.115. The van der Waals surface area contributed by atoms with Gasteiger partial charge in [0.15, 0.2) is 0 Å². The molecule has 0 atom stereocenters. The Bertz CT molecular complexity index is 1350. The minimum atomic E-state index is -0.684. The Morgan fingerprint density at radius 3 is 2.44 bits per heavy atom. The molecule has 10 heteroatoms. The van der Waals surface area contributed by atoms with E-state index in [2.05, 4.69) is 0 Å². The number of rotatable bonds is 8. The number of amides is 2. The van der Waals surface area contributed by atoms with E-state index >= 15 is 0 Å². The van der Waals surface area contributed by atoms with E-state index in [9.17, 15) is 24.5 Å². The molecule has 0 aliphatic carbocycles. The van der Waals surface area contributed by atoms with E-state index in [0.717, 1.165) is 22.2 Å². The highest BCUT2D eigenvalue weighted by Gasteiger charge is 2.34. The van der Waals surface area contributed by atoms with Crippen LogP contribution in [0.3, 0.4) is 0 Å². The molecule has 0 unspecified atom stereocenters. The molecule has 4 rings (SSSR count). The van der Waals surface area contributed by atoms with Crippen LogP contribution in [0, 0.1) is 17.0 Å². The first kappa shape index (κ1) is 24.7. The molecule has 1 heterocycles. The fourth-order valence-electron chi connectivity index (χ4n) is 3.29. The molecule has 182 valence electrons. The van der Waals surface area contributed by atoms with E-state index in [1.807, 2.05) is 31.2 Å². The van der Waals surface area contributed by atoms with Gasteiger partial charge in [-0.1, -0.05) is 29.8 Å². The minimum Gasteiger partial charge on any atom is -0.492 e. The normalized spacial score (nSPS) is 14.2. The van der Waals surface area contributed by atoms with Crippen molar-refractivity contribution in [1.29, 1.82) is 0 Å². The van der Waals surface area contributed by atoms with Crippen molar-refractivity contribution >= 4 is 40.6 Å². The van der Waals surface area contributed by atoms with Crippen molar-refractivity contribution in [2.75, 3.05) is 13.2 Å². The number of carbonyl (C=O) groups excluding carboxylic acids is 3. The lowest BCUT2D eigenvalue weighted by molar-refractivity contribution is -0.384. The highest BCUT2D eigenvalue weighted by Crippen LogP contribution is 2.32. The van der Waals surface area contributed by atoms with E-state index in [-0.39, 0.29) is 40.3 Å². The third-order valence-electron chi connectivity index (χ3n) is 5.16. The maximum atomic E-state index is 12.8. The summed E-state index contributed by atoms with van der Waals surface area (Å²) in [4.78, 5) is 49.1. The van der Waals surface area contributed by atoms with Crippen LogP contribution in [0.25, 0.3) is 6.08 Å². The topological polar surface area (TPSA) is 116 Å². The van der Waals surface area contributed by atoms with Crippen LogP contribution >= 0.6 is 11.8 Å². The Morgan fingerprint density at radius 2 is 1.75 bits per heavy atom. The van der Waals surface area contributed by atoms with Crippen LogP contribution in [0.5, 0.6) is 11.5 Å². The first-order valence-corrected chi connectivity index (χ1v) is 11.6. The molecule has 2 amide bonds. The molecule has 3 aromatic carbocycles. The first-order chi connectivity index (χ1) is 17.3. The van der Waals surface area contributed by atoms with Gasteiger partial charge in [0.05, 0.1) is 21.9 Å². The number of imide groups is 1. The van der Waals surface area contributed by atoms with Crippen LogP contribution in [0.1, 0.15) is 21.5 Å². The van der Waals surface area contributed by atoms with Crippen molar-refractivity contribution in [3.63, 3.8) is 0 Å². The number of benzene rings is 3. The lowest BCUT2D eigenvalue weighted by atomic mass is 10.2. The second-order valence-corrected chi connectivity index (χ2v) is 8.75. The lowest BCUT2D eigenvalue weighted by Gasteiger charge is -2.13. The van der Waals surface area contributed by atoms with Gasteiger partial charge in [-0.2, -0.15) is 0 Å². The van der Waals surface area contributed by atoms with E-state index in [0.29, 0.717) is 11.3 Å². The van der Waals surface area contributed by atoms with E-state index in [1.54, 1.807) is 30.3 Å². The predicted octanol–water partition coefficient (Wildman–Crippen LogP) is 5.24. The second-order valence-electron chi connectivity index (χ2n) is 7.76. The molecule has 0 aromatic heterocycles. The number of esters is 1. The Labute approximate surface area is 210 Å². The molecule has 36 heavy (non-hydrogen) atoms. The zero-order valence-corrected chi connectivity index (χ0v) is 19.9. The molecule has 9 nitrogen and oxygen atoms in total. The summed E-state index contributed by atoms with van der Waals surface area (Å²) in [5.41, 5.74) is 1.68. The summed E-state index contributed by atoms with van der Waals surface area (Å²) in [6.07, 6.45) is 1.55. The molecule has 3 aromatic rings. The van der Waals surface area contributed by atoms with Gasteiger partial charge in [-0.3, -0.25) is 24.6 Å². The zero-order chi connectivity index (χ0) is 25.7. The molecule has 0 N–H and O–H groups in total. The van der Waals surface area contributed by atoms with Gasteiger partial charge in [0.2, 0.25) is 0 Å². The van der Waals surface area contributed by atoms with Crippen molar-refractivity contribution in [3.8, 4) is 11.5 Å². The number of thioether (sulfide) groups is 1. The smallest absolute Gasteiger partial charge is 0.343 e. The SMILES string of the molecule is Cc1ccc(OCCN2C(=O)S/C(=C\c3cccc(OC(=O)c4ccc([N+](=O)[O-])cc4)c3)C2=O)cc1. The number of non-ortho nitro benzene ring substituents is 1. The lowest BCUT2D eigenvalue weighted by Crippen LogP contribution is -2.32. The summed E-state index contributed by atoms with van der Waals surface area (Å²) in [6.45, 7) is 2.25. The molecule has 1 aliphatic rings. The summed E-state index contributed by atoms with van der Waals surface area (Å²) >= 11 is 0.825. The number of aryl methyl sites for hydroxylation is 1. The van der Waals surface area contributed by atoms with Gasteiger partial charge in [-0.05, 0) is 66.7 Å². The van der Waals surface area contributed by atoms with Crippen molar-refractivity contribution < 1.29 is 28.8 Å². The van der Waals surface area contributed by atoms with Gasteiger partial charge in [-0.15, -0.1) is 0 Å². The Kier molecular flexibility index (Phi) is 7.45. The molecule has 0 spiro atoms. The summed E-state index contributed by atoms with van der Waals surface area (Å²) in [5, 5.41) is 10.4. The third-order valence-corrected chi connectivity index (χ3v) is 6.07. The molecular formula is C26H20N2O7S. The van der Waals surface area contributed by atoms with Gasteiger partial charge in [0.1, 0.15) is 18.1 Å². The summed E-state index contributed by atoms with van der Waals surface area (Å²) in [7, 11) is 0. The van der Waals surface area contributed by atoms with Crippen LogP contribution < -0.4 is 9.47 Å². The third kappa shape index (κ3) is 5.97.